The number of benzene rings is 3. The largest absolute Gasteiger partial charge is 0.497 e. The molecule has 6 aromatic rings. The molecule has 0 amide bonds. The second-order valence-corrected chi connectivity index (χ2v) is 9.61. The van der Waals surface area contributed by atoms with Crippen LogP contribution in [0.5, 0.6) is 23.3 Å². The summed E-state index contributed by atoms with van der Waals surface area (Å²) in [6, 6.07) is 25.9. The third-order valence-electron chi connectivity index (χ3n) is 7.24. The van der Waals surface area contributed by atoms with Gasteiger partial charge in [0.25, 0.3) is 0 Å². The van der Waals surface area contributed by atoms with Crippen LogP contribution in [0.1, 0.15) is 39.7 Å². The van der Waals surface area contributed by atoms with Crippen LogP contribution in [0.2, 0.25) is 0 Å². The van der Waals surface area contributed by atoms with Gasteiger partial charge in [0, 0.05) is 12.0 Å². The highest BCUT2D eigenvalue weighted by Gasteiger charge is 2.39. The highest BCUT2D eigenvalue weighted by Crippen LogP contribution is 2.51. The monoisotopic (exact) mass is 530 g/mol. The Balaban J connectivity index is 1.42. The predicted molar refractivity (Wildman–Crippen MR) is 149 cm³/mol. The lowest BCUT2D eigenvalue weighted by Gasteiger charge is -2.27. The first-order valence-electron chi connectivity index (χ1n) is 13.0. The molecule has 7 rings (SSSR count). The van der Waals surface area contributed by atoms with Crippen molar-refractivity contribution in [3.05, 3.63) is 119 Å². The maximum absolute atomic E-state index is 6.52. The number of aromatic nitrogens is 6. The van der Waals surface area contributed by atoms with Gasteiger partial charge in [-0.15, -0.1) is 5.10 Å². The third kappa shape index (κ3) is 3.86. The second kappa shape index (κ2) is 9.53. The van der Waals surface area contributed by atoms with Crippen molar-refractivity contribution in [1.29, 1.82) is 0 Å². The van der Waals surface area contributed by atoms with Crippen LogP contribution in [0.25, 0.3) is 11.3 Å². The Morgan fingerprint density at radius 1 is 0.850 bits per heavy atom. The smallest absolute Gasteiger partial charge is 0.230 e. The van der Waals surface area contributed by atoms with Crippen LogP contribution in [0.4, 0.5) is 0 Å². The molecule has 1 aliphatic heterocycles. The van der Waals surface area contributed by atoms with Gasteiger partial charge in [-0.3, -0.25) is 0 Å². The number of aryl methyl sites for hydroxylation is 1. The Bertz CT molecular complexity index is 1840. The number of hydrogen-bond acceptors (Lipinski definition) is 7. The van der Waals surface area contributed by atoms with E-state index in [2.05, 4.69) is 6.07 Å². The molecule has 1 atom stereocenters. The second-order valence-electron chi connectivity index (χ2n) is 9.61. The molecule has 1 unspecified atom stereocenters. The molecule has 0 saturated heterocycles. The van der Waals surface area contributed by atoms with Crippen LogP contribution >= 0.6 is 0 Å². The van der Waals surface area contributed by atoms with Gasteiger partial charge in [-0.25, -0.2) is 19.2 Å². The summed E-state index contributed by atoms with van der Waals surface area (Å²) in [5.74, 6) is 3.06. The van der Waals surface area contributed by atoms with Gasteiger partial charge < -0.3 is 14.2 Å². The number of hydrogen-bond donors (Lipinski definition) is 0. The predicted octanol–water partition coefficient (Wildman–Crippen LogP) is 5.51. The van der Waals surface area contributed by atoms with Crippen molar-refractivity contribution in [2.24, 2.45) is 0 Å². The van der Waals surface area contributed by atoms with E-state index in [0.717, 1.165) is 45.1 Å². The van der Waals surface area contributed by atoms with Crippen molar-refractivity contribution in [3.63, 3.8) is 0 Å². The molecule has 198 valence electrons. The van der Waals surface area contributed by atoms with Gasteiger partial charge in [-0.2, -0.15) is 5.10 Å². The van der Waals surface area contributed by atoms with E-state index in [9.17, 15) is 0 Å². The Labute approximate surface area is 230 Å². The molecule has 9 heteroatoms. The van der Waals surface area contributed by atoms with Crippen molar-refractivity contribution >= 4 is 5.65 Å². The average Bonchev–Trinajstić information content (AvgIpc) is 3.57. The SMILES string of the molecule is COc1ccc(Cc2nc3c4c(ncn3n2)Oc2c(c(C)nn2-c2ccccc2)C4c2ccccc2OC)cc1. The maximum Gasteiger partial charge on any atom is 0.230 e. The van der Waals surface area contributed by atoms with Gasteiger partial charge in [0.1, 0.15) is 17.8 Å². The van der Waals surface area contributed by atoms with Gasteiger partial charge in [-0.05, 0) is 42.8 Å². The molecular weight excluding hydrogens is 504 g/mol. The van der Waals surface area contributed by atoms with Crippen LogP contribution in [0.3, 0.4) is 0 Å². The standard InChI is InChI=1S/C31H26N6O3/c1-19-26-27(23-11-7-8-12-24(23)39-3)28-29-33-25(17-20-13-15-22(38-2)16-14-20)35-36(29)18-32-30(28)40-31(26)37(34-19)21-9-5-4-6-10-21/h4-16,18,27H,17H2,1-3H3. The van der Waals surface area contributed by atoms with E-state index in [1.54, 1.807) is 25.1 Å². The topological polar surface area (TPSA) is 88.6 Å². The van der Waals surface area contributed by atoms with E-state index in [1.807, 2.05) is 84.4 Å². The number of methoxy groups -OCH3 is 2. The van der Waals surface area contributed by atoms with Crippen LogP contribution < -0.4 is 14.2 Å². The molecule has 0 radical (unpaired) electrons. The Morgan fingerprint density at radius 3 is 2.40 bits per heavy atom. The fraction of sp³-hybridized carbons (Fsp3) is 0.161. The van der Waals surface area contributed by atoms with Crippen molar-refractivity contribution in [3.8, 4) is 28.9 Å². The van der Waals surface area contributed by atoms with Crippen LogP contribution in [0, 0.1) is 6.92 Å². The Kier molecular flexibility index (Phi) is 5.70. The Hall–Kier alpha value is -5.18. The van der Waals surface area contributed by atoms with Crippen LogP contribution in [-0.2, 0) is 6.42 Å². The zero-order chi connectivity index (χ0) is 27.2. The van der Waals surface area contributed by atoms with Crippen molar-refractivity contribution in [2.45, 2.75) is 19.3 Å². The lowest BCUT2D eigenvalue weighted by molar-refractivity contribution is 0.393. The van der Waals surface area contributed by atoms with Crippen molar-refractivity contribution < 1.29 is 14.2 Å². The summed E-state index contributed by atoms with van der Waals surface area (Å²) in [6.07, 6.45) is 2.22. The molecule has 3 aromatic carbocycles. The van der Waals surface area contributed by atoms with Crippen LogP contribution in [0.15, 0.2) is 85.2 Å². The maximum atomic E-state index is 6.52. The molecule has 9 nitrogen and oxygen atoms in total. The summed E-state index contributed by atoms with van der Waals surface area (Å²) in [4.78, 5) is 9.70. The van der Waals surface area contributed by atoms with Gasteiger partial charge in [0.2, 0.25) is 11.8 Å². The molecule has 0 bridgehead atoms. The third-order valence-corrected chi connectivity index (χ3v) is 7.24. The molecular formula is C31H26N6O3. The molecule has 0 aliphatic carbocycles. The molecule has 0 saturated carbocycles. The van der Waals surface area contributed by atoms with E-state index < -0.39 is 0 Å². The minimum Gasteiger partial charge on any atom is -0.497 e. The zero-order valence-electron chi connectivity index (χ0n) is 22.3. The molecule has 4 heterocycles. The normalized spacial score (nSPS) is 13.9. The first kappa shape index (κ1) is 23.9. The van der Waals surface area contributed by atoms with E-state index in [4.69, 9.17) is 34.4 Å². The molecule has 0 spiro atoms. The summed E-state index contributed by atoms with van der Waals surface area (Å²) >= 11 is 0. The number of rotatable bonds is 6. The average molecular weight is 531 g/mol. The quantitative estimate of drug-likeness (QED) is 0.280. The van der Waals surface area contributed by atoms with E-state index in [0.29, 0.717) is 29.7 Å². The lowest BCUT2D eigenvalue weighted by atomic mass is 9.84. The summed E-state index contributed by atoms with van der Waals surface area (Å²) < 4.78 is 21.2. The van der Waals surface area contributed by atoms with Crippen LogP contribution in [-0.4, -0.2) is 43.6 Å². The molecule has 40 heavy (non-hydrogen) atoms. The first-order valence-corrected chi connectivity index (χ1v) is 13.0. The number of para-hydroxylation sites is 2. The fourth-order valence-corrected chi connectivity index (χ4v) is 5.38. The van der Waals surface area contributed by atoms with E-state index in [1.165, 1.54) is 0 Å². The summed E-state index contributed by atoms with van der Waals surface area (Å²) in [5.41, 5.74) is 6.25. The Morgan fingerprint density at radius 2 is 1.62 bits per heavy atom. The summed E-state index contributed by atoms with van der Waals surface area (Å²) in [7, 11) is 3.34. The van der Waals surface area contributed by atoms with Gasteiger partial charge in [0.15, 0.2) is 11.5 Å². The highest BCUT2D eigenvalue weighted by atomic mass is 16.5. The summed E-state index contributed by atoms with van der Waals surface area (Å²) in [5, 5.41) is 9.67. The van der Waals surface area contributed by atoms with Gasteiger partial charge in [-0.1, -0.05) is 48.5 Å². The van der Waals surface area contributed by atoms with E-state index >= 15 is 0 Å². The minimum absolute atomic E-state index is 0.290. The minimum atomic E-state index is -0.290. The fourth-order valence-electron chi connectivity index (χ4n) is 5.38. The van der Waals surface area contributed by atoms with Crippen molar-refractivity contribution in [2.75, 3.05) is 14.2 Å². The molecule has 0 N–H and O–H groups in total. The molecule has 1 aliphatic rings. The lowest BCUT2D eigenvalue weighted by Crippen LogP contribution is -2.16. The zero-order valence-corrected chi connectivity index (χ0v) is 22.3. The van der Waals surface area contributed by atoms with E-state index in [-0.39, 0.29) is 5.92 Å². The number of ether oxygens (including phenoxy) is 3. The molecule has 3 aromatic heterocycles. The highest BCUT2D eigenvalue weighted by molar-refractivity contribution is 5.67. The first-order chi connectivity index (χ1) is 19.6. The van der Waals surface area contributed by atoms with Gasteiger partial charge in [0.05, 0.1) is 42.6 Å². The summed E-state index contributed by atoms with van der Waals surface area (Å²) in [6.45, 7) is 2.00. The number of nitrogens with zero attached hydrogens (tertiary/aromatic N) is 6. The number of fused-ring (bicyclic) bond motifs is 4. The van der Waals surface area contributed by atoms with Gasteiger partial charge >= 0.3 is 0 Å². The molecule has 0 fully saturated rings. The van der Waals surface area contributed by atoms with Crippen molar-refractivity contribution in [1.82, 2.24) is 29.4 Å².